The van der Waals surface area contributed by atoms with Crippen molar-refractivity contribution in [3.63, 3.8) is 0 Å². The van der Waals surface area contributed by atoms with Crippen molar-refractivity contribution in [2.45, 2.75) is 118 Å². The number of carbonyl (C=O) groups is 3. The van der Waals surface area contributed by atoms with Crippen molar-refractivity contribution in [1.82, 2.24) is 15.1 Å². The number of unbranched alkanes of at least 4 members (excludes halogenated alkanes) is 3. The molecule has 3 N–H and O–H groups in total. The molecule has 0 aliphatic carbocycles. The Bertz CT molecular complexity index is 680. The lowest BCUT2D eigenvalue weighted by Gasteiger charge is -2.29. The maximum Gasteiger partial charge on any atom is 0.410 e. The molecular formula is C27H54N4O6. The summed E-state index contributed by atoms with van der Waals surface area (Å²) >= 11 is 0. The van der Waals surface area contributed by atoms with Gasteiger partial charge < -0.3 is 35.1 Å². The van der Waals surface area contributed by atoms with Gasteiger partial charge in [-0.3, -0.25) is 0 Å². The summed E-state index contributed by atoms with van der Waals surface area (Å²) in [6.45, 7) is 19.7. The molecule has 0 spiro atoms. The Morgan fingerprint density at radius 3 is 1.30 bits per heavy atom. The van der Waals surface area contributed by atoms with E-state index in [0.717, 1.165) is 19.3 Å². The van der Waals surface area contributed by atoms with E-state index in [9.17, 15) is 14.4 Å². The van der Waals surface area contributed by atoms with Gasteiger partial charge in [0.05, 0.1) is 0 Å². The van der Waals surface area contributed by atoms with Gasteiger partial charge in [0.15, 0.2) is 0 Å². The molecular weight excluding hydrogens is 476 g/mol. The molecule has 10 nitrogen and oxygen atoms in total. The fourth-order valence-corrected chi connectivity index (χ4v) is 3.23. The summed E-state index contributed by atoms with van der Waals surface area (Å²) in [7, 11) is 0. The third kappa shape index (κ3) is 20.5. The first-order valence-corrected chi connectivity index (χ1v) is 13.6. The Balaban J connectivity index is 4.81. The van der Waals surface area contributed by atoms with Crippen LogP contribution in [0.3, 0.4) is 0 Å². The molecule has 3 amide bonds. The van der Waals surface area contributed by atoms with Crippen LogP contribution in [-0.2, 0) is 14.2 Å². The molecule has 0 aromatic carbocycles. The summed E-state index contributed by atoms with van der Waals surface area (Å²) < 4.78 is 16.4. The normalized spacial score (nSPS) is 12.1. The first-order valence-electron chi connectivity index (χ1n) is 13.6. The van der Waals surface area contributed by atoms with Crippen LogP contribution >= 0.6 is 0 Å². The summed E-state index contributed by atoms with van der Waals surface area (Å²) in [5, 5.41) is 2.74. The third-order valence-corrected chi connectivity index (χ3v) is 4.81. The van der Waals surface area contributed by atoms with E-state index in [1.165, 1.54) is 0 Å². The van der Waals surface area contributed by atoms with Crippen LogP contribution in [0.1, 0.15) is 101 Å². The molecule has 0 aliphatic rings. The number of nitrogens with two attached hydrogens (primary N) is 1. The van der Waals surface area contributed by atoms with E-state index < -0.39 is 22.9 Å². The first-order chi connectivity index (χ1) is 16.9. The monoisotopic (exact) mass is 530 g/mol. The summed E-state index contributed by atoms with van der Waals surface area (Å²) in [5.41, 5.74) is 3.91. The van der Waals surface area contributed by atoms with Crippen LogP contribution < -0.4 is 11.1 Å². The van der Waals surface area contributed by atoms with Crippen molar-refractivity contribution >= 4 is 18.3 Å². The van der Waals surface area contributed by atoms with Crippen molar-refractivity contribution in [2.24, 2.45) is 5.73 Å². The van der Waals surface area contributed by atoms with Gasteiger partial charge in [0, 0.05) is 32.7 Å². The van der Waals surface area contributed by atoms with Gasteiger partial charge in [-0.2, -0.15) is 0 Å². The molecule has 0 saturated heterocycles. The van der Waals surface area contributed by atoms with Gasteiger partial charge >= 0.3 is 18.3 Å². The summed E-state index contributed by atoms with van der Waals surface area (Å²) in [6.07, 6.45) is 3.37. The molecule has 0 aromatic heterocycles. The molecule has 0 bridgehead atoms. The molecule has 0 saturated carbocycles. The second-order valence-electron chi connectivity index (χ2n) is 12.3. The molecule has 0 fully saturated rings. The summed E-state index contributed by atoms with van der Waals surface area (Å²) in [6, 6.07) is 0. The van der Waals surface area contributed by atoms with Gasteiger partial charge in [-0.1, -0.05) is 0 Å². The van der Waals surface area contributed by atoms with Gasteiger partial charge in [-0.05, 0) is 107 Å². The predicted octanol–water partition coefficient (Wildman–Crippen LogP) is 5.28. The molecule has 0 atom stereocenters. The number of rotatable bonds is 14. The minimum absolute atomic E-state index is 0.328. The molecule has 10 heteroatoms. The van der Waals surface area contributed by atoms with E-state index in [4.69, 9.17) is 19.9 Å². The molecule has 0 unspecified atom stereocenters. The van der Waals surface area contributed by atoms with E-state index in [0.29, 0.717) is 58.5 Å². The number of ether oxygens (including phenoxy) is 3. The number of carbonyl (C=O) groups excluding carboxylic acids is 3. The lowest BCUT2D eigenvalue weighted by Crippen LogP contribution is -2.40. The van der Waals surface area contributed by atoms with Gasteiger partial charge in [0.1, 0.15) is 16.8 Å². The third-order valence-electron chi connectivity index (χ3n) is 4.81. The average molecular weight is 531 g/mol. The minimum atomic E-state index is -0.593. The standard InChI is InChI=1S/C27H54N4O6/c1-25(2,3)35-22(32)29-17-11-13-19-31(24(34)37-27(7,8)9)21-15-14-20-30(18-12-10-16-28)23(33)36-26(4,5)6/h10-21,28H2,1-9H3,(H,29,32). The maximum atomic E-state index is 12.8. The molecule has 0 aliphatic heterocycles. The Hall–Kier alpha value is -2.23. The Labute approximate surface area is 224 Å². The van der Waals surface area contributed by atoms with E-state index in [1.54, 1.807) is 9.80 Å². The van der Waals surface area contributed by atoms with Crippen molar-refractivity contribution in [2.75, 3.05) is 39.3 Å². The number of nitrogens with one attached hydrogen (secondary N) is 1. The lowest BCUT2D eigenvalue weighted by atomic mass is 10.2. The fourth-order valence-electron chi connectivity index (χ4n) is 3.23. The van der Waals surface area contributed by atoms with Crippen LogP contribution in [0.15, 0.2) is 0 Å². The summed E-state index contributed by atoms with van der Waals surface area (Å²) in [4.78, 5) is 40.6. The summed E-state index contributed by atoms with van der Waals surface area (Å²) in [5.74, 6) is 0. The highest BCUT2D eigenvalue weighted by atomic mass is 16.6. The number of alkyl carbamates (subject to hydrolysis) is 1. The Morgan fingerprint density at radius 1 is 0.595 bits per heavy atom. The van der Waals surface area contributed by atoms with E-state index >= 15 is 0 Å². The quantitative estimate of drug-likeness (QED) is 0.231. The zero-order valence-electron chi connectivity index (χ0n) is 24.9. The number of amides is 3. The zero-order valence-corrected chi connectivity index (χ0v) is 24.9. The van der Waals surface area contributed by atoms with Gasteiger partial charge in [0.2, 0.25) is 0 Å². The van der Waals surface area contributed by atoms with Gasteiger partial charge in [-0.15, -0.1) is 0 Å². The van der Waals surface area contributed by atoms with E-state index in [1.807, 2.05) is 62.3 Å². The zero-order chi connectivity index (χ0) is 28.7. The number of nitrogens with zero attached hydrogens (tertiary/aromatic N) is 2. The van der Waals surface area contributed by atoms with Gasteiger partial charge in [0.25, 0.3) is 0 Å². The number of hydrogen-bond acceptors (Lipinski definition) is 7. The molecule has 37 heavy (non-hydrogen) atoms. The van der Waals surface area contributed by atoms with Crippen molar-refractivity contribution in [3.8, 4) is 0 Å². The lowest BCUT2D eigenvalue weighted by molar-refractivity contribution is 0.0207. The molecule has 0 rings (SSSR count). The highest BCUT2D eigenvalue weighted by Crippen LogP contribution is 2.14. The smallest absolute Gasteiger partial charge is 0.410 e. The van der Waals surface area contributed by atoms with Crippen LogP contribution in [0.2, 0.25) is 0 Å². The molecule has 0 radical (unpaired) electrons. The Kier molecular flexibility index (Phi) is 15.6. The van der Waals surface area contributed by atoms with Crippen molar-refractivity contribution < 1.29 is 28.6 Å². The van der Waals surface area contributed by atoms with Crippen LogP contribution in [0, 0.1) is 0 Å². The molecule has 0 aromatic rings. The average Bonchev–Trinajstić information content (AvgIpc) is 2.69. The first kappa shape index (κ1) is 34.8. The van der Waals surface area contributed by atoms with Crippen LogP contribution in [0.4, 0.5) is 14.4 Å². The van der Waals surface area contributed by atoms with E-state index in [-0.39, 0.29) is 12.2 Å². The highest BCUT2D eigenvalue weighted by Gasteiger charge is 2.24. The van der Waals surface area contributed by atoms with Crippen LogP contribution in [0.5, 0.6) is 0 Å². The SMILES string of the molecule is CC(C)(C)OC(=O)NCCCCN(CCCCN(CCCCN)C(=O)OC(C)(C)C)C(=O)OC(C)(C)C. The number of hydrogen-bond donors (Lipinski definition) is 2. The van der Waals surface area contributed by atoms with Crippen LogP contribution in [0.25, 0.3) is 0 Å². The van der Waals surface area contributed by atoms with E-state index in [2.05, 4.69) is 5.32 Å². The Morgan fingerprint density at radius 2 is 0.946 bits per heavy atom. The maximum absolute atomic E-state index is 12.8. The van der Waals surface area contributed by atoms with Crippen molar-refractivity contribution in [3.05, 3.63) is 0 Å². The largest absolute Gasteiger partial charge is 0.444 e. The van der Waals surface area contributed by atoms with Crippen LogP contribution in [-0.4, -0.2) is 84.2 Å². The highest BCUT2D eigenvalue weighted by molar-refractivity contribution is 5.68. The minimum Gasteiger partial charge on any atom is -0.444 e. The van der Waals surface area contributed by atoms with Crippen molar-refractivity contribution in [1.29, 1.82) is 0 Å². The molecule has 0 heterocycles. The topological polar surface area (TPSA) is 123 Å². The van der Waals surface area contributed by atoms with Gasteiger partial charge in [-0.25, -0.2) is 14.4 Å². The second-order valence-corrected chi connectivity index (χ2v) is 12.3. The fraction of sp³-hybridized carbons (Fsp3) is 0.889. The predicted molar refractivity (Wildman–Crippen MR) is 147 cm³/mol. The second kappa shape index (κ2) is 16.6. The molecule has 218 valence electrons.